The average Bonchev–Trinajstić information content (AvgIpc) is 3.42. The van der Waals surface area contributed by atoms with Crippen LogP contribution in [-0.2, 0) is 0 Å². The Morgan fingerprint density at radius 1 is 1.24 bits per heavy atom. The van der Waals surface area contributed by atoms with Crippen LogP contribution < -0.4 is 15.5 Å². The quantitative estimate of drug-likeness (QED) is 0.467. The topological polar surface area (TPSA) is 83.8 Å². The van der Waals surface area contributed by atoms with E-state index in [2.05, 4.69) is 20.8 Å². The van der Waals surface area contributed by atoms with Crippen molar-refractivity contribution in [3.05, 3.63) is 84.1 Å². The number of carbonyl (C=O) groups excluding carboxylic acids is 1. The molecule has 33 heavy (non-hydrogen) atoms. The van der Waals surface area contributed by atoms with Crippen molar-refractivity contribution in [3.63, 3.8) is 0 Å². The molecule has 1 aliphatic heterocycles. The van der Waals surface area contributed by atoms with E-state index < -0.39 is 18.6 Å². The summed E-state index contributed by atoms with van der Waals surface area (Å²) >= 11 is 0. The molecule has 2 aromatic heterocycles. The largest absolute Gasteiger partial charge is 0.434 e. The first-order valence-corrected chi connectivity index (χ1v) is 10.3. The van der Waals surface area contributed by atoms with Crippen LogP contribution in [0.4, 0.5) is 8.78 Å². The Morgan fingerprint density at radius 3 is 2.79 bits per heavy atom. The lowest BCUT2D eigenvalue weighted by Gasteiger charge is -2.22. The monoisotopic (exact) mass is 450 g/mol. The van der Waals surface area contributed by atoms with Gasteiger partial charge in [-0.05, 0) is 35.9 Å². The van der Waals surface area contributed by atoms with Gasteiger partial charge >= 0.3 is 6.61 Å². The van der Waals surface area contributed by atoms with Crippen molar-refractivity contribution in [3.8, 4) is 5.75 Å². The lowest BCUT2D eigenvalue weighted by molar-refractivity contribution is -0.0506. The Bertz CT molecular complexity index is 1370. The molecule has 1 amide bonds. The van der Waals surface area contributed by atoms with Crippen molar-refractivity contribution in [2.75, 3.05) is 6.54 Å². The van der Waals surface area contributed by atoms with Crippen LogP contribution in [0.25, 0.3) is 16.4 Å². The molecule has 0 bridgehead atoms. The maximum Gasteiger partial charge on any atom is 0.387 e. The third-order valence-corrected chi connectivity index (χ3v) is 5.43. The van der Waals surface area contributed by atoms with Gasteiger partial charge in [0.05, 0.1) is 17.9 Å². The summed E-state index contributed by atoms with van der Waals surface area (Å²) in [6.45, 7) is -0.468. The van der Waals surface area contributed by atoms with Gasteiger partial charge in [0.25, 0.3) is 5.91 Å². The molecule has 8 nitrogen and oxygen atoms in total. The van der Waals surface area contributed by atoms with Crippen LogP contribution in [0, 0.1) is 0 Å². The summed E-state index contributed by atoms with van der Waals surface area (Å²) in [5.41, 5.74) is 4.92. The molecule has 4 aromatic rings. The average molecular weight is 450 g/mol. The molecule has 0 saturated heterocycles. The van der Waals surface area contributed by atoms with Gasteiger partial charge in [-0.1, -0.05) is 24.3 Å². The van der Waals surface area contributed by atoms with E-state index in [0.717, 1.165) is 10.8 Å². The van der Waals surface area contributed by atoms with Gasteiger partial charge in [-0.3, -0.25) is 4.79 Å². The number of aromatic nitrogens is 3. The summed E-state index contributed by atoms with van der Waals surface area (Å²) in [5, 5.41) is 10.5. The van der Waals surface area contributed by atoms with E-state index in [4.69, 9.17) is 4.74 Å². The fourth-order valence-corrected chi connectivity index (χ4v) is 3.89. The van der Waals surface area contributed by atoms with Crippen molar-refractivity contribution < 1.29 is 18.3 Å². The summed E-state index contributed by atoms with van der Waals surface area (Å²) in [5.74, 6) is -0.367. The molecule has 168 valence electrons. The highest BCUT2D eigenvalue weighted by Gasteiger charge is 2.30. The second-order valence-electron chi connectivity index (χ2n) is 7.45. The molecule has 2 aromatic carbocycles. The summed E-state index contributed by atoms with van der Waals surface area (Å²) in [6.07, 6.45) is 6.45. The number of rotatable bonds is 6. The predicted molar refractivity (Wildman–Crippen MR) is 117 cm³/mol. The Morgan fingerprint density at radius 2 is 2.03 bits per heavy atom. The van der Waals surface area contributed by atoms with Gasteiger partial charge < -0.3 is 15.1 Å². The predicted octanol–water partition coefficient (Wildman–Crippen LogP) is 3.64. The van der Waals surface area contributed by atoms with Crippen molar-refractivity contribution in [1.29, 1.82) is 0 Å². The number of hydrazine groups is 1. The van der Waals surface area contributed by atoms with E-state index in [-0.39, 0.29) is 5.75 Å². The second-order valence-corrected chi connectivity index (χ2v) is 7.45. The number of carbonyl (C=O) groups is 1. The van der Waals surface area contributed by atoms with Crippen molar-refractivity contribution in [2.45, 2.75) is 19.6 Å². The maximum absolute atomic E-state index is 13.2. The highest BCUT2D eigenvalue weighted by molar-refractivity contribution is 6.00. The smallest absolute Gasteiger partial charge is 0.387 e. The number of ether oxygens (including phenoxy) is 1. The van der Waals surface area contributed by atoms with Gasteiger partial charge in [-0.2, -0.15) is 13.9 Å². The van der Waals surface area contributed by atoms with Gasteiger partial charge in [0.15, 0.2) is 5.65 Å². The molecule has 5 rings (SSSR count). The second kappa shape index (κ2) is 8.47. The highest BCUT2D eigenvalue weighted by atomic mass is 19.3. The van der Waals surface area contributed by atoms with E-state index in [1.807, 2.05) is 31.2 Å². The highest BCUT2D eigenvalue weighted by Crippen LogP contribution is 2.36. The number of alkyl halides is 2. The number of amides is 1. The van der Waals surface area contributed by atoms with E-state index in [1.165, 1.54) is 10.7 Å². The van der Waals surface area contributed by atoms with Gasteiger partial charge in [-0.25, -0.2) is 14.9 Å². The van der Waals surface area contributed by atoms with Crippen LogP contribution in [0.5, 0.6) is 5.75 Å². The maximum atomic E-state index is 13.2. The van der Waals surface area contributed by atoms with E-state index in [9.17, 15) is 13.6 Å². The van der Waals surface area contributed by atoms with Gasteiger partial charge in [-0.15, -0.1) is 0 Å². The molecule has 1 aliphatic rings. The van der Waals surface area contributed by atoms with Crippen molar-refractivity contribution in [1.82, 2.24) is 30.3 Å². The lowest BCUT2D eigenvalue weighted by Crippen LogP contribution is -2.33. The minimum atomic E-state index is -2.99. The zero-order valence-corrected chi connectivity index (χ0v) is 17.6. The standard InChI is InChI=1S/C23H20F2N6O2/c1-2-30-13-18(28-22(32)17-12-27-31-9-5-8-26-21(17)31)20(29-30)16-10-14-6-3-4-7-15(14)11-19(16)33-23(24)25/h3-13,20,23,29H,2H2,1H3,(H,28,32). The summed E-state index contributed by atoms with van der Waals surface area (Å²) in [7, 11) is 0. The molecule has 1 unspecified atom stereocenters. The third-order valence-electron chi connectivity index (χ3n) is 5.43. The summed E-state index contributed by atoms with van der Waals surface area (Å²) in [4.78, 5) is 17.3. The molecule has 10 heteroatoms. The van der Waals surface area contributed by atoms with Crippen LogP contribution in [0.2, 0.25) is 0 Å². The molecule has 1 atom stereocenters. The first kappa shape index (κ1) is 20.8. The van der Waals surface area contributed by atoms with E-state index >= 15 is 0 Å². The SMILES string of the molecule is CCN1C=C(NC(=O)c2cnn3cccnc23)C(c2cc3ccccc3cc2OC(F)F)N1. The van der Waals surface area contributed by atoms with Crippen molar-refractivity contribution >= 4 is 22.3 Å². The molecule has 0 aliphatic carbocycles. The van der Waals surface area contributed by atoms with Gasteiger partial charge in [0.2, 0.25) is 0 Å². The Balaban J connectivity index is 1.53. The summed E-state index contributed by atoms with van der Waals surface area (Å²) < 4.78 is 32.8. The van der Waals surface area contributed by atoms with Gasteiger partial charge in [0.1, 0.15) is 11.3 Å². The number of hydrogen-bond donors (Lipinski definition) is 2. The fourth-order valence-electron chi connectivity index (χ4n) is 3.89. The molecular formula is C23H20F2N6O2. The number of halogens is 2. The minimum Gasteiger partial charge on any atom is -0.434 e. The number of nitrogens with zero attached hydrogens (tertiary/aromatic N) is 4. The molecule has 2 N–H and O–H groups in total. The molecule has 0 spiro atoms. The van der Waals surface area contributed by atoms with Crippen LogP contribution in [0.3, 0.4) is 0 Å². The first-order valence-electron chi connectivity index (χ1n) is 10.3. The number of nitrogens with one attached hydrogen (secondary N) is 2. The molecule has 0 saturated carbocycles. The van der Waals surface area contributed by atoms with E-state index in [0.29, 0.717) is 29.0 Å². The number of hydrogen-bond acceptors (Lipinski definition) is 6. The zero-order valence-electron chi connectivity index (χ0n) is 17.6. The van der Waals surface area contributed by atoms with Crippen LogP contribution in [0.15, 0.2) is 73.0 Å². The normalized spacial score (nSPS) is 15.9. The molecule has 0 fully saturated rings. The lowest BCUT2D eigenvalue weighted by atomic mass is 9.99. The molecule has 0 radical (unpaired) electrons. The number of fused-ring (bicyclic) bond motifs is 2. The number of benzene rings is 2. The molecular weight excluding hydrogens is 430 g/mol. The van der Waals surface area contributed by atoms with Gasteiger partial charge in [0, 0.05) is 30.7 Å². The zero-order chi connectivity index (χ0) is 22.9. The van der Waals surface area contributed by atoms with E-state index in [1.54, 1.807) is 41.8 Å². The third kappa shape index (κ3) is 3.96. The Hall–Kier alpha value is -4.05. The Labute approximate surface area is 187 Å². The van der Waals surface area contributed by atoms with Crippen molar-refractivity contribution in [2.24, 2.45) is 0 Å². The first-order chi connectivity index (χ1) is 16.0. The van der Waals surface area contributed by atoms with Crippen LogP contribution >= 0.6 is 0 Å². The van der Waals surface area contributed by atoms with Crippen LogP contribution in [-0.4, -0.2) is 38.7 Å². The molecule has 3 heterocycles. The summed E-state index contributed by atoms with van der Waals surface area (Å²) in [6, 6.07) is 11.9. The fraction of sp³-hybridized carbons (Fsp3) is 0.174. The van der Waals surface area contributed by atoms with Crippen LogP contribution in [0.1, 0.15) is 28.9 Å². The minimum absolute atomic E-state index is 0.0388. The Kier molecular flexibility index (Phi) is 5.35.